The van der Waals surface area contributed by atoms with E-state index in [1.54, 1.807) is 0 Å². The van der Waals surface area contributed by atoms with E-state index in [2.05, 4.69) is 9.47 Å². The van der Waals surface area contributed by atoms with Gasteiger partial charge in [-0.1, -0.05) is 0 Å². The third-order valence-electron chi connectivity index (χ3n) is 2.22. The molecule has 0 aliphatic heterocycles. The largest absolute Gasteiger partial charge is 0.456 e. The van der Waals surface area contributed by atoms with Crippen LogP contribution in [0.2, 0.25) is 0 Å². The van der Waals surface area contributed by atoms with Crippen LogP contribution in [0.4, 0.5) is 39.5 Å². The van der Waals surface area contributed by atoms with Crippen molar-refractivity contribution in [2.75, 3.05) is 13.2 Å². The molecular formula is C9H7F9O7S. The minimum atomic E-state index is -6.26. The number of carbonyl (C=O) groups is 2. The number of rotatable bonds is 6. The third kappa shape index (κ3) is 8.54. The molecule has 0 saturated carbocycles. The van der Waals surface area contributed by atoms with Crippen LogP contribution in [-0.2, 0) is 29.2 Å². The molecule has 0 aromatic heterocycles. The van der Waals surface area contributed by atoms with E-state index in [0.29, 0.717) is 0 Å². The molecule has 0 radical (unpaired) electrons. The van der Waals surface area contributed by atoms with Gasteiger partial charge in [0.25, 0.3) is 10.1 Å². The summed E-state index contributed by atoms with van der Waals surface area (Å²) < 4.78 is 147. The van der Waals surface area contributed by atoms with Crippen LogP contribution in [-0.4, -0.2) is 61.9 Å². The highest BCUT2D eigenvalue weighted by atomic mass is 32.2. The summed E-state index contributed by atoms with van der Waals surface area (Å²) in [6.45, 7) is -5.23. The first-order chi connectivity index (χ1) is 11.3. The predicted octanol–water partition coefficient (Wildman–Crippen LogP) is 1.63. The minimum Gasteiger partial charge on any atom is -0.456 e. The molecular weight excluding hydrogens is 423 g/mol. The van der Waals surface area contributed by atoms with Gasteiger partial charge in [-0.15, -0.1) is 0 Å². The second-order valence-corrected chi connectivity index (χ2v) is 5.94. The van der Waals surface area contributed by atoms with Gasteiger partial charge in [0.2, 0.25) is 5.25 Å². The first kappa shape index (κ1) is 24.2. The van der Waals surface area contributed by atoms with Crippen LogP contribution in [0, 0.1) is 5.92 Å². The fraction of sp³-hybridized carbons (Fsp3) is 0.778. The molecule has 26 heavy (non-hydrogen) atoms. The maximum Gasteiger partial charge on any atom is 0.422 e. The van der Waals surface area contributed by atoms with Crippen LogP contribution in [0.25, 0.3) is 0 Å². The van der Waals surface area contributed by atoms with Crippen molar-refractivity contribution in [3.8, 4) is 0 Å². The molecule has 0 aliphatic carbocycles. The molecule has 154 valence electrons. The first-order valence-corrected chi connectivity index (χ1v) is 7.26. The number of esters is 2. The van der Waals surface area contributed by atoms with E-state index < -0.39 is 65.0 Å². The summed E-state index contributed by atoms with van der Waals surface area (Å²) in [5, 5.41) is -4.04. The highest BCUT2D eigenvalue weighted by Gasteiger charge is 2.59. The summed E-state index contributed by atoms with van der Waals surface area (Å²) in [5.74, 6) is -10.1. The summed E-state index contributed by atoms with van der Waals surface area (Å²) >= 11 is 0. The molecule has 0 saturated heterocycles. The Morgan fingerprint density at radius 1 is 0.808 bits per heavy atom. The standard InChI is InChI=1S/C9H7F9O7S/c10-7(11,12)1-24-5(19)3(9(16,17)18)4(26(21,22)23)6(20)25-2-8(13,14)15/h3-4H,1-2H2,(H,21,22,23). The van der Waals surface area contributed by atoms with Gasteiger partial charge >= 0.3 is 30.5 Å². The fourth-order valence-corrected chi connectivity index (χ4v) is 2.26. The van der Waals surface area contributed by atoms with E-state index in [1.165, 1.54) is 0 Å². The highest BCUT2D eigenvalue weighted by molar-refractivity contribution is 7.87. The molecule has 0 aliphatic rings. The lowest BCUT2D eigenvalue weighted by Crippen LogP contribution is -2.50. The van der Waals surface area contributed by atoms with Gasteiger partial charge in [-0.2, -0.15) is 47.9 Å². The molecule has 2 atom stereocenters. The zero-order valence-electron chi connectivity index (χ0n) is 11.8. The molecule has 2 unspecified atom stereocenters. The molecule has 7 nitrogen and oxygen atoms in total. The van der Waals surface area contributed by atoms with Gasteiger partial charge in [-0.3, -0.25) is 14.1 Å². The summed E-state index contributed by atoms with van der Waals surface area (Å²) in [6.07, 6.45) is -16.8. The molecule has 17 heteroatoms. The molecule has 0 aromatic rings. The second kappa shape index (κ2) is 7.85. The highest BCUT2D eigenvalue weighted by Crippen LogP contribution is 2.34. The van der Waals surface area contributed by atoms with Crippen LogP contribution in [0.1, 0.15) is 0 Å². The van der Waals surface area contributed by atoms with Crippen molar-refractivity contribution in [1.82, 2.24) is 0 Å². The number of alkyl halides is 9. The minimum absolute atomic E-state index is 2.60. The maximum atomic E-state index is 12.8. The van der Waals surface area contributed by atoms with Gasteiger partial charge in [0.05, 0.1) is 0 Å². The number of hydrogen-bond donors (Lipinski definition) is 1. The van der Waals surface area contributed by atoms with Crippen LogP contribution < -0.4 is 0 Å². The lowest BCUT2D eigenvalue weighted by Gasteiger charge is -2.24. The average Bonchev–Trinajstić information content (AvgIpc) is 2.34. The number of halogens is 9. The van der Waals surface area contributed by atoms with E-state index in [1.807, 2.05) is 0 Å². The Kier molecular flexibility index (Phi) is 7.31. The van der Waals surface area contributed by atoms with Crippen molar-refractivity contribution >= 4 is 22.1 Å². The molecule has 0 aromatic carbocycles. The average molecular weight is 430 g/mol. The zero-order chi connectivity index (χ0) is 21.1. The SMILES string of the molecule is O=C(OCC(F)(F)F)C(C(C(=O)OCC(F)(F)F)S(=O)(=O)O)C(F)(F)F. The van der Waals surface area contributed by atoms with Crippen molar-refractivity contribution in [3.63, 3.8) is 0 Å². The van der Waals surface area contributed by atoms with Crippen LogP contribution in [0.3, 0.4) is 0 Å². The molecule has 0 amide bonds. The Morgan fingerprint density at radius 2 is 1.15 bits per heavy atom. The summed E-state index contributed by atoms with van der Waals surface area (Å²) in [6, 6.07) is 0. The molecule has 0 bridgehead atoms. The zero-order valence-corrected chi connectivity index (χ0v) is 12.6. The summed E-state index contributed by atoms with van der Waals surface area (Å²) in [5.41, 5.74) is 0. The normalized spacial score (nSPS) is 15.9. The maximum absolute atomic E-state index is 12.8. The van der Waals surface area contributed by atoms with E-state index in [-0.39, 0.29) is 0 Å². The van der Waals surface area contributed by atoms with Crippen molar-refractivity contribution in [2.45, 2.75) is 23.8 Å². The van der Waals surface area contributed by atoms with E-state index in [0.717, 1.165) is 0 Å². The van der Waals surface area contributed by atoms with Gasteiger partial charge in [0, 0.05) is 0 Å². The lowest BCUT2D eigenvalue weighted by atomic mass is 10.0. The topological polar surface area (TPSA) is 107 Å². The van der Waals surface area contributed by atoms with Crippen molar-refractivity contribution in [3.05, 3.63) is 0 Å². The monoisotopic (exact) mass is 430 g/mol. The Bertz CT molecular complexity index is 619. The fourth-order valence-electron chi connectivity index (χ4n) is 1.34. The van der Waals surface area contributed by atoms with Crippen molar-refractivity contribution < 1.29 is 71.5 Å². The van der Waals surface area contributed by atoms with Gasteiger partial charge in [-0.25, -0.2) is 0 Å². The van der Waals surface area contributed by atoms with Crippen LogP contribution >= 0.6 is 0 Å². The molecule has 0 fully saturated rings. The van der Waals surface area contributed by atoms with E-state index in [4.69, 9.17) is 4.55 Å². The van der Waals surface area contributed by atoms with Crippen LogP contribution in [0.5, 0.6) is 0 Å². The Morgan fingerprint density at radius 3 is 1.42 bits per heavy atom. The Labute approximate surface area is 137 Å². The molecule has 0 heterocycles. The molecule has 0 spiro atoms. The van der Waals surface area contributed by atoms with Gasteiger partial charge in [0.15, 0.2) is 19.1 Å². The van der Waals surface area contributed by atoms with Crippen molar-refractivity contribution in [1.29, 1.82) is 0 Å². The van der Waals surface area contributed by atoms with Crippen LogP contribution in [0.15, 0.2) is 0 Å². The third-order valence-corrected chi connectivity index (χ3v) is 3.33. The lowest BCUT2D eigenvalue weighted by molar-refractivity contribution is -0.218. The Hall–Kier alpha value is -1.78. The summed E-state index contributed by atoms with van der Waals surface area (Å²) in [7, 11) is -6.26. The van der Waals surface area contributed by atoms with E-state index in [9.17, 15) is 57.5 Å². The smallest absolute Gasteiger partial charge is 0.422 e. The second-order valence-electron chi connectivity index (χ2n) is 4.40. The Balaban J connectivity index is 5.80. The number of hydrogen-bond acceptors (Lipinski definition) is 6. The van der Waals surface area contributed by atoms with E-state index >= 15 is 0 Å². The molecule has 0 rings (SSSR count). The summed E-state index contributed by atoms with van der Waals surface area (Å²) in [4.78, 5) is 22.4. The number of ether oxygens (including phenoxy) is 2. The quantitative estimate of drug-likeness (QED) is 0.388. The molecule has 1 N–H and O–H groups in total. The predicted molar refractivity (Wildman–Crippen MR) is 58.9 cm³/mol. The number of carbonyl (C=O) groups excluding carboxylic acids is 2. The first-order valence-electron chi connectivity index (χ1n) is 5.75. The van der Waals surface area contributed by atoms with Gasteiger partial charge in [-0.05, 0) is 0 Å². The van der Waals surface area contributed by atoms with Crippen molar-refractivity contribution in [2.24, 2.45) is 5.92 Å². The van der Waals surface area contributed by atoms with Gasteiger partial charge < -0.3 is 9.47 Å². The van der Waals surface area contributed by atoms with Gasteiger partial charge in [0.1, 0.15) is 0 Å².